The Hall–Kier alpha value is 1.29. The van der Waals surface area contributed by atoms with Crippen LogP contribution in [0.4, 0.5) is 0 Å². The molecule has 0 spiro atoms. The van der Waals surface area contributed by atoms with Gasteiger partial charge in [-0.25, -0.2) is 0 Å². The van der Waals surface area contributed by atoms with E-state index in [1.165, 1.54) is 49.9 Å². The van der Waals surface area contributed by atoms with E-state index in [1.807, 2.05) is 0 Å². The van der Waals surface area contributed by atoms with Crippen molar-refractivity contribution in [2.75, 3.05) is 0 Å². The Kier molecular flexibility index (Phi) is 194. The molecule has 3 N–H and O–H groups in total. The molecule has 0 unspecified atom stereocenters. The molecule has 16 heteroatoms. The summed E-state index contributed by atoms with van der Waals surface area (Å²) in [4.78, 5) is 34.1. The van der Waals surface area contributed by atoms with E-state index in [0.29, 0.717) is 0 Å². The molecule has 0 aliphatic heterocycles. The first kappa shape index (κ1) is 43.3. The van der Waals surface area contributed by atoms with E-state index < -0.39 is 18.3 Å². The van der Waals surface area contributed by atoms with Gasteiger partial charge in [0.15, 0.2) is 0 Å². The molecule has 0 bridgehead atoms. The SMILES string of the molecule is O=[Si]([O-])[O-].O=[Si]([O-])[O-].[Cl-].[Cl-].[OH][Al+2].[OH][Al+2].[OH][Al+2]. The number of hydrogen-bond donors (Lipinski definition) is 3. The molecule has 0 heterocycles. The van der Waals surface area contributed by atoms with Crippen molar-refractivity contribution in [3.63, 3.8) is 0 Å². The third kappa shape index (κ3) is 1870. The fourth-order valence-electron chi connectivity index (χ4n) is 0. The minimum absolute atomic E-state index is 0. The standard InChI is InChI=1S/3Al.2ClH.2O3Si.3H2O/c;;;;;2*1-4(2)3;;;/h;;;2*1H;;;3*1H2/q3*+3;;;2*-2;;;/p-5. The predicted octanol–water partition coefficient (Wildman–Crippen LogP) is -14.6. The van der Waals surface area contributed by atoms with Crippen LogP contribution in [0.5, 0.6) is 0 Å². The Morgan fingerprint density at radius 2 is 0.625 bits per heavy atom. The number of hydrogen-bond acceptors (Lipinski definition) is 9. The van der Waals surface area contributed by atoms with Crippen LogP contribution in [-0.2, 0) is 8.92 Å². The maximum absolute atomic E-state index is 8.52. The number of halogens is 2. The van der Waals surface area contributed by atoms with E-state index in [0.717, 1.165) is 0 Å². The zero-order valence-corrected chi connectivity index (χ0v) is 14.3. The molecule has 0 saturated carbocycles. The quantitative estimate of drug-likeness (QED) is 0.355. The van der Waals surface area contributed by atoms with Crippen molar-refractivity contribution in [1.82, 2.24) is 0 Å². The normalized spacial score (nSPS) is 4.31. The molecule has 0 radical (unpaired) electrons. The molecular weight excluding hydrogens is 352 g/mol. The van der Waals surface area contributed by atoms with Gasteiger partial charge in [-0.15, -0.1) is 0 Å². The summed E-state index contributed by atoms with van der Waals surface area (Å²) < 4.78 is 37.8. The topological polar surface area (TPSA) is 187 Å². The van der Waals surface area contributed by atoms with Crippen LogP contribution >= 0.6 is 0 Å². The van der Waals surface area contributed by atoms with Gasteiger partial charge in [0.25, 0.3) is 0 Å². The molecule has 0 fully saturated rings. The fraction of sp³-hybridized carbons (Fsp3) is 0. The summed E-state index contributed by atoms with van der Waals surface area (Å²) in [5, 5.41) is 0. The summed E-state index contributed by atoms with van der Waals surface area (Å²) in [5.41, 5.74) is 0. The summed E-state index contributed by atoms with van der Waals surface area (Å²) in [7, 11) is -7.26. The van der Waals surface area contributed by atoms with Crippen molar-refractivity contribution in [1.29, 1.82) is 0 Å². The van der Waals surface area contributed by atoms with Crippen LogP contribution in [0.3, 0.4) is 0 Å². The van der Waals surface area contributed by atoms with Crippen LogP contribution in [0, 0.1) is 0 Å². The summed E-state index contributed by atoms with van der Waals surface area (Å²) in [6, 6.07) is 0. The Bertz CT molecular complexity index is 84.8. The second kappa shape index (κ2) is 71.7. The molecule has 88 valence electrons. The first-order valence-electron chi connectivity index (χ1n) is 2.00. The molecule has 0 aliphatic carbocycles. The number of rotatable bonds is 0. The fourth-order valence-corrected chi connectivity index (χ4v) is 0. The van der Waals surface area contributed by atoms with Crippen molar-refractivity contribution in [2.24, 2.45) is 0 Å². The van der Waals surface area contributed by atoms with Gasteiger partial charge in [-0.1, -0.05) is 0 Å². The van der Waals surface area contributed by atoms with Crippen molar-refractivity contribution >= 4 is 68.2 Å². The third-order valence-corrected chi connectivity index (χ3v) is 0. The van der Waals surface area contributed by atoms with Gasteiger partial charge < -0.3 is 52.9 Å². The molecule has 0 saturated heterocycles. The Morgan fingerprint density at radius 3 is 0.625 bits per heavy atom. The molecular formula is H3Al3Cl2O9Si2. The van der Waals surface area contributed by atoms with Gasteiger partial charge in [-0.2, -0.15) is 0 Å². The molecule has 0 aromatic carbocycles. The van der Waals surface area contributed by atoms with Gasteiger partial charge in [0.05, 0.1) is 0 Å². The summed E-state index contributed by atoms with van der Waals surface area (Å²) in [6.07, 6.45) is 0. The van der Waals surface area contributed by atoms with Gasteiger partial charge in [0.1, 0.15) is 0 Å². The van der Waals surface area contributed by atoms with Crippen LogP contribution in [0.2, 0.25) is 0 Å². The summed E-state index contributed by atoms with van der Waals surface area (Å²) in [6.45, 7) is 0. The average molecular weight is 355 g/mol. The van der Waals surface area contributed by atoms with Crippen LogP contribution in [-0.4, -0.2) is 80.7 Å². The van der Waals surface area contributed by atoms with Crippen molar-refractivity contribution in [3.8, 4) is 0 Å². The molecule has 16 heavy (non-hydrogen) atoms. The Morgan fingerprint density at radius 1 is 0.625 bits per heavy atom. The van der Waals surface area contributed by atoms with Gasteiger partial charge in [-0.05, 0) is 0 Å². The van der Waals surface area contributed by atoms with E-state index in [-0.39, 0.29) is 24.8 Å². The van der Waals surface area contributed by atoms with E-state index in [2.05, 4.69) is 0 Å². The maximum atomic E-state index is 8.52. The average Bonchev–Trinajstić information content (AvgIpc) is 2.12. The molecule has 0 aliphatic rings. The first-order valence-corrected chi connectivity index (χ1v) is 6.00. The van der Waals surface area contributed by atoms with Crippen molar-refractivity contribution in [3.05, 3.63) is 0 Å². The molecule has 0 atom stereocenters. The van der Waals surface area contributed by atoms with Crippen molar-refractivity contribution < 1.29 is 65.4 Å². The van der Waals surface area contributed by atoms with E-state index >= 15 is 0 Å². The van der Waals surface area contributed by atoms with Crippen LogP contribution in [0.1, 0.15) is 0 Å². The molecule has 9 nitrogen and oxygen atoms in total. The molecule has 0 aromatic rings. The molecule has 0 rings (SSSR count). The van der Waals surface area contributed by atoms with Gasteiger partial charge in [-0.3, -0.25) is 0 Å². The summed E-state index contributed by atoms with van der Waals surface area (Å²) >= 11 is 4.25. The summed E-state index contributed by atoms with van der Waals surface area (Å²) in [5.74, 6) is 0. The van der Waals surface area contributed by atoms with Gasteiger partial charge in [0.2, 0.25) is 0 Å². The molecule has 0 amide bonds. The Balaban J connectivity index is -0.0000000129. The van der Waals surface area contributed by atoms with Gasteiger partial charge >= 0.3 is 62.3 Å². The van der Waals surface area contributed by atoms with Gasteiger partial charge in [0, 0.05) is 18.3 Å². The third-order valence-electron chi connectivity index (χ3n) is 0. The Labute approximate surface area is 133 Å². The van der Waals surface area contributed by atoms with Crippen LogP contribution in [0.15, 0.2) is 0 Å². The monoisotopic (exact) mass is 354 g/mol. The van der Waals surface area contributed by atoms with E-state index in [9.17, 15) is 0 Å². The van der Waals surface area contributed by atoms with E-state index in [4.69, 9.17) is 40.6 Å². The first-order chi connectivity index (χ1) is 6.46. The molecule has 0 aromatic heterocycles. The van der Waals surface area contributed by atoms with Crippen LogP contribution < -0.4 is 44.0 Å². The second-order valence-electron chi connectivity index (χ2n) is 0.500. The van der Waals surface area contributed by atoms with Crippen LogP contribution in [0.25, 0.3) is 0 Å². The minimum atomic E-state index is -3.63. The zero-order chi connectivity index (χ0) is 13.2. The van der Waals surface area contributed by atoms with E-state index in [1.54, 1.807) is 0 Å². The second-order valence-corrected chi connectivity index (χ2v) is 1.50. The zero-order valence-electron chi connectivity index (χ0n) is 7.28. The predicted molar refractivity (Wildman–Crippen MR) is 36.8 cm³/mol. The van der Waals surface area contributed by atoms with Crippen molar-refractivity contribution in [2.45, 2.75) is 0 Å².